The second-order valence-corrected chi connectivity index (χ2v) is 38.8. The maximum absolute atomic E-state index is 6.41. The maximum atomic E-state index is 6.41. The largest absolute Gasteiger partial charge is 0.455 e. The van der Waals surface area contributed by atoms with Crippen LogP contribution in [0.15, 0.2) is 195 Å². The molecule has 8 aliphatic carbocycles. The molecule has 0 saturated heterocycles. The molecule has 11 heterocycles. The Bertz CT molecular complexity index is 5910. The molecule has 24 rings (SSSR count). The second kappa shape index (κ2) is 30.8. The molecule has 0 amide bonds. The maximum Gasteiger partial charge on any atom is 0.216 e. The summed E-state index contributed by atoms with van der Waals surface area (Å²) >= 11 is 0. The molecule has 0 unspecified atom stereocenters. The van der Waals surface area contributed by atoms with Gasteiger partial charge in [-0.3, -0.25) is 15.0 Å². The molecule has 11 aromatic heterocycles. The smallest absolute Gasteiger partial charge is 0.216 e. The van der Waals surface area contributed by atoms with Crippen LogP contribution < -0.4 is 18.3 Å². The summed E-state index contributed by atoms with van der Waals surface area (Å²) in [6.07, 6.45) is 62.6. The van der Waals surface area contributed by atoms with E-state index in [0.717, 1.165) is 71.7 Å². The van der Waals surface area contributed by atoms with Crippen LogP contribution in [0.4, 0.5) is 0 Å². The van der Waals surface area contributed by atoms with Gasteiger partial charge in [-0.25, -0.2) is 18.3 Å². The number of pyridine rings is 7. The van der Waals surface area contributed by atoms with Gasteiger partial charge in [0.2, 0.25) is 22.8 Å². The number of furan rings is 4. The number of benzene rings is 5. The summed E-state index contributed by atoms with van der Waals surface area (Å²) in [5.41, 5.74) is 38.0. The standard InChI is InChI=1S/C28H30NO.3C27H29N2O/c1-19-10-11-23-22-8-4-5-9-25(22)30-27(23)26(19)24-16-21-17-28(13-6-3-7-14-28)15-12-20(21)18-29(24)2;1-18-16-28-25-21-8-4-5-9-23(21)30-26(25)24(18)22-14-20-15-27(11-6-3-7-12-27)13-10-19(20)17-29(22)2;1-18-6-7-22-21-9-13-28-16-24(21)30-26(22)25(18)23-14-20-15-27(10-4-3-5-11-27)12-8-19(20)17-29(23)2;1-18-6-7-21-22-16-28-13-9-24(22)30-26(21)25(18)23-14-20-15-27(10-4-3-5-11-27)12-8-19(20)17-29(23)2/h4-5,8-11,16,18H,3,6-7,12-15,17H2,1-2H3;4-5,8-9,14,16-17H,3,6-7,10-13,15H2,1-2H3;2*6-7,9,13-14,16-17H,3-5,8,10-12,15H2,1-2H3/q4*+1. The van der Waals surface area contributed by atoms with Crippen molar-refractivity contribution in [3.63, 3.8) is 0 Å². The summed E-state index contributed by atoms with van der Waals surface area (Å²) < 4.78 is 34.7. The minimum atomic E-state index is 0.546. The van der Waals surface area contributed by atoms with E-state index >= 15 is 0 Å². The first kappa shape index (κ1) is 76.7. The highest BCUT2D eigenvalue weighted by Crippen LogP contribution is 2.53. The minimum absolute atomic E-state index is 0.546. The van der Waals surface area contributed by atoms with Gasteiger partial charge in [-0.05, 0) is 253 Å². The van der Waals surface area contributed by atoms with Crippen LogP contribution in [0.3, 0.4) is 0 Å². The highest BCUT2D eigenvalue weighted by atomic mass is 16.3. The molecule has 11 heteroatoms. The van der Waals surface area contributed by atoms with Crippen LogP contribution in [0, 0.1) is 49.4 Å². The zero-order valence-electron chi connectivity index (χ0n) is 72.1. The van der Waals surface area contributed by atoms with Gasteiger partial charge in [0.25, 0.3) is 0 Å². The van der Waals surface area contributed by atoms with E-state index in [9.17, 15) is 0 Å². The van der Waals surface area contributed by atoms with Gasteiger partial charge in [-0.15, -0.1) is 0 Å². The number of aryl methyl sites for hydroxylation is 12. The van der Waals surface area contributed by atoms with Gasteiger partial charge in [-0.1, -0.05) is 144 Å². The van der Waals surface area contributed by atoms with Crippen molar-refractivity contribution in [1.29, 1.82) is 0 Å². The summed E-state index contributed by atoms with van der Waals surface area (Å²) in [5.74, 6) is 0. The summed E-state index contributed by atoms with van der Waals surface area (Å²) in [5, 5.41) is 8.08. The third-order valence-corrected chi connectivity index (χ3v) is 31.1. The molecule has 0 atom stereocenters. The van der Waals surface area contributed by atoms with Gasteiger partial charge in [0, 0.05) is 109 Å². The Morgan fingerprint density at radius 3 is 1.02 bits per heavy atom. The van der Waals surface area contributed by atoms with E-state index in [1.54, 1.807) is 34.0 Å². The average molecular weight is 1590 g/mol. The Hall–Kier alpha value is -10.7. The Balaban J connectivity index is 0.0000000990. The molecule has 11 nitrogen and oxygen atoms in total. The lowest BCUT2D eigenvalue weighted by molar-refractivity contribution is -0.661. The first-order valence-electron chi connectivity index (χ1n) is 45.8. The quantitative estimate of drug-likeness (QED) is 0.162. The average Bonchev–Trinajstić information content (AvgIpc) is 1.43. The molecule has 5 aromatic carbocycles. The lowest BCUT2D eigenvalue weighted by atomic mass is 9.64. The Labute approximate surface area is 706 Å². The van der Waals surface area contributed by atoms with E-state index in [1.807, 2.05) is 43.0 Å². The molecule has 0 bridgehead atoms. The third kappa shape index (κ3) is 13.7. The highest BCUT2D eigenvalue weighted by Gasteiger charge is 2.43. The molecular formula is C109H117N7O4+4. The van der Waals surface area contributed by atoms with Gasteiger partial charge in [0.15, 0.2) is 36.0 Å². The van der Waals surface area contributed by atoms with Crippen molar-refractivity contribution in [2.24, 2.45) is 49.9 Å². The minimum Gasteiger partial charge on any atom is -0.455 e. The van der Waals surface area contributed by atoms with Crippen LogP contribution in [-0.4, -0.2) is 15.0 Å². The summed E-state index contributed by atoms with van der Waals surface area (Å²) in [4.78, 5) is 13.3. The zero-order chi connectivity index (χ0) is 81.2. The molecule has 0 aliphatic heterocycles. The van der Waals surface area contributed by atoms with E-state index in [0.29, 0.717) is 21.7 Å². The Morgan fingerprint density at radius 1 is 0.275 bits per heavy atom. The van der Waals surface area contributed by atoms with Crippen LogP contribution in [0.2, 0.25) is 0 Å². The second-order valence-electron chi connectivity index (χ2n) is 38.8. The van der Waals surface area contributed by atoms with Crippen LogP contribution >= 0.6 is 0 Å². The first-order chi connectivity index (χ1) is 58.5. The predicted octanol–water partition coefficient (Wildman–Crippen LogP) is 25.5. The molecule has 4 fully saturated rings. The lowest BCUT2D eigenvalue weighted by Gasteiger charge is -2.41. The number of aromatic nitrogens is 7. The van der Waals surface area contributed by atoms with Gasteiger partial charge in [0.05, 0.1) is 28.5 Å². The molecule has 8 aliphatic rings. The van der Waals surface area contributed by atoms with Crippen molar-refractivity contribution in [1.82, 2.24) is 15.0 Å². The number of hydrogen-bond acceptors (Lipinski definition) is 7. The van der Waals surface area contributed by atoms with Crippen LogP contribution in [0.5, 0.6) is 0 Å². The molecular weight excluding hydrogens is 1470 g/mol. The van der Waals surface area contributed by atoms with Crippen molar-refractivity contribution in [2.75, 3.05) is 0 Å². The van der Waals surface area contributed by atoms with E-state index in [2.05, 4.69) is 212 Å². The third-order valence-electron chi connectivity index (χ3n) is 31.1. The van der Waals surface area contributed by atoms with E-state index in [4.69, 9.17) is 22.7 Å². The Morgan fingerprint density at radius 2 is 0.600 bits per heavy atom. The predicted molar refractivity (Wildman–Crippen MR) is 484 cm³/mol. The fourth-order valence-electron chi connectivity index (χ4n) is 24.5. The monoisotopic (exact) mass is 1590 g/mol. The molecule has 0 N–H and O–H groups in total. The van der Waals surface area contributed by atoms with Gasteiger partial charge in [0.1, 0.15) is 67.2 Å². The zero-order valence-corrected chi connectivity index (χ0v) is 72.1. The normalized spacial score (nSPS) is 18.2. The fourth-order valence-corrected chi connectivity index (χ4v) is 24.5. The van der Waals surface area contributed by atoms with E-state index < -0.39 is 0 Å². The Kier molecular flexibility index (Phi) is 19.7. The summed E-state index contributed by atoms with van der Waals surface area (Å²) in [6, 6.07) is 43.8. The lowest BCUT2D eigenvalue weighted by Crippen LogP contribution is -2.36. The molecule has 120 heavy (non-hydrogen) atoms. The van der Waals surface area contributed by atoms with E-state index in [1.165, 1.54) is 306 Å². The van der Waals surface area contributed by atoms with Crippen molar-refractivity contribution in [3.05, 3.63) is 244 Å². The summed E-state index contributed by atoms with van der Waals surface area (Å²) in [7, 11) is 8.74. The molecule has 0 radical (unpaired) electrons. The van der Waals surface area contributed by atoms with Crippen molar-refractivity contribution >= 4 is 87.9 Å². The van der Waals surface area contributed by atoms with Crippen LogP contribution in [0.25, 0.3) is 133 Å². The highest BCUT2D eigenvalue weighted by molar-refractivity contribution is 6.12. The summed E-state index contributed by atoms with van der Waals surface area (Å²) in [6.45, 7) is 8.76. The van der Waals surface area contributed by atoms with Gasteiger partial charge >= 0.3 is 0 Å². The van der Waals surface area contributed by atoms with Gasteiger partial charge in [-0.2, -0.15) is 0 Å². The number of rotatable bonds is 4. The van der Waals surface area contributed by atoms with Crippen molar-refractivity contribution in [2.45, 2.75) is 233 Å². The number of hydrogen-bond donors (Lipinski definition) is 0. The first-order valence-corrected chi connectivity index (χ1v) is 45.8. The van der Waals surface area contributed by atoms with Crippen molar-refractivity contribution in [3.8, 4) is 45.0 Å². The fraction of sp³-hybridized carbons (Fsp3) is 0.404. The molecule has 4 saturated carbocycles. The van der Waals surface area contributed by atoms with Crippen molar-refractivity contribution < 1.29 is 35.9 Å². The number of para-hydroxylation sites is 2. The molecule has 608 valence electrons. The number of nitrogens with zero attached hydrogens (tertiary/aromatic N) is 7. The number of fused-ring (bicyclic) bond motifs is 16. The van der Waals surface area contributed by atoms with Crippen LogP contribution in [-0.2, 0) is 79.6 Å². The SMILES string of the molecule is Cc1ccc2c(oc3ccccc32)c1-c1cc2c(c[n+]1C)CCC1(CCCCC1)C2.Cc1ccc2c(oc3ccncc32)c1-c1cc2c(c[n+]1C)CCC1(CCCCC1)C2.Cc1ccc2c(oc3cnccc32)c1-c1cc2c(c[n+]1C)CCC1(CCCCC1)C2.Cc1cnc2c(oc3ccccc32)c1-c1cc2c(c[n+]1C)CCC1(CCCCC1)C2. The van der Waals surface area contributed by atoms with Crippen LogP contribution in [0.1, 0.15) is 221 Å². The topological polar surface area (TPSA) is 107 Å². The van der Waals surface area contributed by atoms with Gasteiger partial charge < -0.3 is 17.7 Å². The molecule has 4 spiro atoms. The van der Waals surface area contributed by atoms with E-state index in [-0.39, 0.29) is 0 Å². The molecule has 16 aromatic rings.